The van der Waals surface area contributed by atoms with Gasteiger partial charge in [-0.05, 0) is 66.9 Å². The number of hydrogen-bond acceptors (Lipinski definition) is 4. The van der Waals surface area contributed by atoms with Gasteiger partial charge in [-0.15, -0.1) is 12.4 Å². The van der Waals surface area contributed by atoms with Gasteiger partial charge in [0.1, 0.15) is 5.82 Å². The quantitative estimate of drug-likeness (QED) is 0.767. The minimum absolute atomic E-state index is 0. The van der Waals surface area contributed by atoms with Crippen molar-refractivity contribution in [2.24, 2.45) is 11.1 Å². The van der Waals surface area contributed by atoms with Gasteiger partial charge in [0.2, 0.25) is 10.0 Å². The molecule has 0 saturated carbocycles. The van der Waals surface area contributed by atoms with Gasteiger partial charge in [-0.3, -0.25) is 4.79 Å². The Morgan fingerprint density at radius 3 is 2.32 bits per heavy atom. The molecule has 0 aromatic heterocycles. The van der Waals surface area contributed by atoms with Crippen LogP contribution in [0.25, 0.3) is 0 Å². The minimum atomic E-state index is -3.60. The molecule has 0 radical (unpaired) electrons. The molecule has 9 heteroatoms. The average Bonchev–Trinajstić information content (AvgIpc) is 3.06. The summed E-state index contributed by atoms with van der Waals surface area (Å²) in [6.45, 7) is 3.26. The molecule has 1 aliphatic rings. The number of amides is 1. The molecule has 0 aliphatic carbocycles. The normalized spacial score (nSPS) is 19.8. The Hall–Kier alpha value is -2.00. The Morgan fingerprint density at radius 2 is 1.79 bits per heavy atom. The van der Waals surface area contributed by atoms with Crippen LogP contribution in [0.2, 0.25) is 0 Å². The predicted molar refractivity (Wildman–Crippen MR) is 109 cm³/mol. The second kappa shape index (κ2) is 8.57. The molecule has 2 aromatic rings. The zero-order chi connectivity index (χ0) is 19.7. The Bertz CT molecular complexity index is 936. The Balaban J connectivity index is 0.00000280. The summed E-state index contributed by atoms with van der Waals surface area (Å²) in [5.41, 5.74) is 6.32. The third-order valence-corrected chi connectivity index (χ3v) is 6.73. The van der Waals surface area contributed by atoms with Crippen molar-refractivity contribution in [3.05, 3.63) is 59.9 Å². The molecule has 1 atom stereocenters. The van der Waals surface area contributed by atoms with E-state index in [1.165, 1.54) is 52.8 Å². The van der Waals surface area contributed by atoms with E-state index >= 15 is 0 Å². The summed E-state index contributed by atoms with van der Waals surface area (Å²) in [5.74, 6) is -0.822. The van der Waals surface area contributed by atoms with Crippen molar-refractivity contribution in [3.8, 4) is 0 Å². The Kier molecular flexibility index (Phi) is 6.82. The molecule has 1 fully saturated rings. The molecule has 28 heavy (non-hydrogen) atoms. The maximum atomic E-state index is 12.9. The zero-order valence-electron chi connectivity index (χ0n) is 15.4. The van der Waals surface area contributed by atoms with Crippen LogP contribution in [0.3, 0.4) is 0 Å². The number of carbonyl (C=O) groups excluding carboxylic acids is 1. The average molecular weight is 428 g/mol. The van der Waals surface area contributed by atoms with E-state index in [-0.39, 0.29) is 22.7 Å². The van der Waals surface area contributed by atoms with E-state index in [2.05, 4.69) is 5.32 Å². The number of rotatable bonds is 5. The van der Waals surface area contributed by atoms with Gasteiger partial charge in [0.15, 0.2) is 0 Å². The van der Waals surface area contributed by atoms with Crippen LogP contribution in [0.5, 0.6) is 0 Å². The second-order valence-electron chi connectivity index (χ2n) is 7.09. The van der Waals surface area contributed by atoms with E-state index in [0.29, 0.717) is 30.9 Å². The molecule has 1 saturated heterocycles. The smallest absolute Gasteiger partial charge is 0.255 e. The van der Waals surface area contributed by atoms with Crippen LogP contribution in [-0.2, 0) is 10.0 Å². The van der Waals surface area contributed by atoms with Crippen molar-refractivity contribution < 1.29 is 17.6 Å². The number of halogens is 2. The minimum Gasteiger partial charge on any atom is -0.330 e. The predicted octanol–water partition coefficient (Wildman–Crippen LogP) is 2.86. The number of nitrogens with zero attached hydrogens (tertiary/aromatic N) is 1. The lowest BCUT2D eigenvalue weighted by Gasteiger charge is -2.22. The van der Waals surface area contributed by atoms with Crippen molar-refractivity contribution in [2.45, 2.75) is 18.2 Å². The number of nitrogens with two attached hydrogens (primary N) is 1. The van der Waals surface area contributed by atoms with Crippen LogP contribution in [0, 0.1) is 11.2 Å². The van der Waals surface area contributed by atoms with Crippen molar-refractivity contribution in [2.75, 3.05) is 25.0 Å². The van der Waals surface area contributed by atoms with Gasteiger partial charge in [0.25, 0.3) is 5.91 Å². The van der Waals surface area contributed by atoms with Crippen molar-refractivity contribution in [1.82, 2.24) is 4.31 Å². The summed E-state index contributed by atoms with van der Waals surface area (Å²) < 4.78 is 40.0. The molecule has 3 rings (SSSR count). The number of sulfonamides is 1. The highest BCUT2D eigenvalue weighted by Crippen LogP contribution is 2.32. The summed E-state index contributed by atoms with van der Waals surface area (Å²) in [4.78, 5) is 12.3. The molecule has 1 aliphatic heterocycles. The molecule has 1 heterocycles. The fourth-order valence-electron chi connectivity index (χ4n) is 3.01. The van der Waals surface area contributed by atoms with E-state index in [1.807, 2.05) is 6.92 Å². The molecular weight excluding hydrogens is 405 g/mol. The van der Waals surface area contributed by atoms with Gasteiger partial charge in [-0.2, -0.15) is 4.31 Å². The van der Waals surface area contributed by atoms with E-state index < -0.39 is 21.7 Å². The molecule has 1 amide bonds. The first-order valence-corrected chi connectivity index (χ1v) is 10.0. The van der Waals surface area contributed by atoms with Crippen LogP contribution >= 0.6 is 12.4 Å². The third kappa shape index (κ3) is 4.70. The van der Waals surface area contributed by atoms with Gasteiger partial charge >= 0.3 is 0 Å². The Morgan fingerprint density at radius 1 is 1.18 bits per heavy atom. The van der Waals surface area contributed by atoms with E-state index in [1.54, 1.807) is 0 Å². The Labute approximate surface area is 170 Å². The highest BCUT2D eigenvalue weighted by molar-refractivity contribution is 7.89. The van der Waals surface area contributed by atoms with Crippen molar-refractivity contribution in [3.63, 3.8) is 0 Å². The number of anilines is 1. The molecule has 0 spiro atoms. The maximum absolute atomic E-state index is 12.9. The largest absolute Gasteiger partial charge is 0.330 e. The summed E-state index contributed by atoms with van der Waals surface area (Å²) in [7, 11) is -3.60. The SMILES string of the molecule is CC1(CN)CCN(S(=O)(=O)c2ccc(NC(=O)c3ccc(F)cc3)cc2)C1.Cl. The lowest BCUT2D eigenvalue weighted by molar-refractivity contribution is 0.102. The third-order valence-electron chi connectivity index (χ3n) is 4.87. The molecule has 3 N–H and O–H groups in total. The highest BCUT2D eigenvalue weighted by Gasteiger charge is 2.38. The lowest BCUT2D eigenvalue weighted by atomic mass is 9.90. The summed E-state index contributed by atoms with van der Waals surface area (Å²) >= 11 is 0. The second-order valence-corrected chi connectivity index (χ2v) is 9.03. The molecular formula is C19H23ClFN3O3S. The first-order chi connectivity index (χ1) is 12.7. The van der Waals surface area contributed by atoms with Crippen LogP contribution < -0.4 is 11.1 Å². The summed E-state index contributed by atoms with van der Waals surface area (Å²) in [5, 5.41) is 2.66. The number of hydrogen-bond donors (Lipinski definition) is 2. The molecule has 152 valence electrons. The first kappa shape index (κ1) is 22.3. The molecule has 0 bridgehead atoms. The van der Waals surface area contributed by atoms with Crippen molar-refractivity contribution >= 4 is 34.0 Å². The number of benzene rings is 2. The van der Waals surface area contributed by atoms with Crippen LogP contribution in [0.4, 0.5) is 10.1 Å². The number of carbonyl (C=O) groups is 1. The topological polar surface area (TPSA) is 92.5 Å². The lowest BCUT2D eigenvalue weighted by Crippen LogP contribution is -2.34. The zero-order valence-corrected chi connectivity index (χ0v) is 17.0. The van der Waals surface area contributed by atoms with E-state index in [0.717, 1.165) is 6.42 Å². The van der Waals surface area contributed by atoms with Crippen LogP contribution in [0.1, 0.15) is 23.7 Å². The fraction of sp³-hybridized carbons (Fsp3) is 0.316. The number of nitrogens with one attached hydrogen (secondary N) is 1. The summed E-state index contributed by atoms with van der Waals surface area (Å²) in [6.07, 6.45) is 0.731. The van der Waals surface area contributed by atoms with Crippen LogP contribution in [-0.4, -0.2) is 38.3 Å². The van der Waals surface area contributed by atoms with Gasteiger partial charge in [0.05, 0.1) is 4.90 Å². The fourth-order valence-corrected chi connectivity index (χ4v) is 4.61. The van der Waals surface area contributed by atoms with Crippen LogP contribution in [0.15, 0.2) is 53.4 Å². The van der Waals surface area contributed by atoms with Gasteiger partial charge < -0.3 is 11.1 Å². The standard InChI is InChI=1S/C19H22FN3O3S.ClH/c1-19(12-21)10-11-23(13-19)27(25,26)17-8-6-16(7-9-17)22-18(24)14-2-4-15(20)5-3-14;/h2-9H,10-13,21H2,1H3,(H,22,24);1H. The van der Waals surface area contributed by atoms with Gasteiger partial charge in [-0.1, -0.05) is 6.92 Å². The van der Waals surface area contributed by atoms with E-state index in [4.69, 9.17) is 5.73 Å². The van der Waals surface area contributed by atoms with E-state index in [9.17, 15) is 17.6 Å². The van der Waals surface area contributed by atoms with Gasteiger partial charge in [0, 0.05) is 24.3 Å². The van der Waals surface area contributed by atoms with Crippen molar-refractivity contribution in [1.29, 1.82) is 0 Å². The molecule has 1 unspecified atom stereocenters. The molecule has 2 aromatic carbocycles. The molecule has 6 nitrogen and oxygen atoms in total. The summed E-state index contributed by atoms with van der Waals surface area (Å²) in [6, 6.07) is 11.2. The van der Waals surface area contributed by atoms with Gasteiger partial charge in [-0.25, -0.2) is 12.8 Å². The first-order valence-electron chi connectivity index (χ1n) is 8.61. The highest BCUT2D eigenvalue weighted by atomic mass is 35.5. The monoisotopic (exact) mass is 427 g/mol. The maximum Gasteiger partial charge on any atom is 0.255 e.